The van der Waals surface area contributed by atoms with E-state index in [0.29, 0.717) is 6.16 Å². The molecule has 0 N–H and O–H groups in total. The highest BCUT2D eigenvalue weighted by atomic mass is 32.4. The fraction of sp³-hybridized carbons (Fsp3) is 1.00. The second-order valence-corrected chi connectivity index (χ2v) is 11.0. The molecule has 11 heavy (non-hydrogen) atoms. The van der Waals surface area contributed by atoms with Crippen molar-refractivity contribution in [3.05, 3.63) is 0 Å². The molecule has 0 bridgehead atoms. The Morgan fingerprint density at radius 2 is 1.73 bits per heavy atom. The Morgan fingerprint density at radius 3 is 2.00 bits per heavy atom. The highest BCUT2D eigenvalue weighted by Gasteiger charge is 2.20. The SMILES string of the molecule is CCP(C)(=O)OP(C)(=S)CC. The standard InChI is InChI=1S/C6H16O2P2S/c1-5-9(3,7)8-10(4,11)6-2/h5-6H2,1-4H3. The van der Waals surface area contributed by atoms with Crippen LogP contribution in [0.1, 0.15) is 13.8 Å². The topological polar surface area (TPSA) is 26.3 Å². The van der Waals surface area contributed by atoms with E-state index in [1.54, 1.807) is 6.66 Å². The van der Waals surface area contributed by atoms with E-state index in [2.05, 4.69) is 0 Å². The Kier molecular flexibility index (Phi) is 4.50. The van der Waals surface area contributed by atoms with Crippen LogP contribution in [0.2, 0.25) is 0 Å². The monoisotopic (exact) mass is 214 g/mol. The van der Waals surface area contributed by atoms with E-state index in [1.807, 2.05) is 20.5 Å². The zero-order valence-corrected chi connectivity index (χ0v) is 10.1. The van der Waals surface area contributed by atoms with Crippen LogP contribution < -0.4 is 0 Å². The molecular formula is C6H16O2P2S. The minimum absolute atomic E-state index is 0.583. The molecule has 2 nitrogen and oxygen atoms in total. The van der Waals surface area contributed by atoms with Crippen molar-refractivity contribution in [2.45, 2.75) is 13.8 Å². The summed E-state index contributed by atoms with van der Waals surface area (Å²) in [6.45, 7) is 7.41. The molecule has 0 rings (SSSR count). The normalized spacial score (nSPS) is 22.2. The summed E-state index contributed by atoms with van der Waals surface area (Å²) in [6, 6.07) is 0. The second-order valence-electron chi connectivity index (χ2n) is 2.74. The summed E-state index contributed by atoms with van der Waals surface area (Å²) >= 11 is 5.18. The maximum atomic E-state index is 11.5. The molecule has 0 saturated heterocycles. The van der Waals surface area contributed by atoms with Crippen LogP contribution in [0, 0.1) is 0 Å². The lowest BCUT2D eigenvalue weighted by atomic mass is 11.0. The largest absolute Gasteiger partial charge is 0.297 e. The van der Waals surface area contributed by atoms with Crippen LogP contribution in [0.5, 0.6) is 0 Å². The van der Waals surface area contributed by atoms with E-state index >= 15 is 0 Å². The minimum Gasteiger partial charge on any atom is -0.297 e. The molecule has 0 aliphatic carbocycles. The Bertz CT molecular complexity index is 193. The Morgan fingerprint density at radius 1 is 1.27 bits per heavy atom. The first-order valence-corrected chi connectivity index (χ1v) is 9.28. The molecule has 0 heterocycles. The van der Waals surface area contributed by atoms with Gasteiger partial charge in [0.2, 0.25) is 7.37 Å². The molecule has 2 atom stereocenters. The van der Waals surface area contributed by atoms with E-state index in [1.165, 1.54) is 0 Å². The predicted octanol–water partition coefficient (Wildman–Crippen LogP) is 2.98. The third-order valence-electron chi connectivity index (χ3n) is 1.49. The molecule has 0 aliphatic rings. The molecule has 0 aromatic carbocycles. The molecule has 0 radical (unpaired) electrons. The molecule has 0 saturated carbocycles. The summed E-state index contributed by atoms with van der Waals surface area (Å²) in [6.07, 6.45) is -0.339. The average Bonchev–Trinajstić information content (AvgIpc) is 1.86. The lowest BCUT2D eigenvalue weighted by Gasteiger charge is -2.20. The van der Waals surface area contributed by atoms with Gasteiger partial charge >= 0.3 is 0 Å². The predicted molar refractivity (Wildman–Crippen MR) is 55.9 cm³/mol. The first-order chi connectivity index (χ1) is 4.83. The van der Waals surface area contributed by atoms with Gasteiger partial charge in [-0.2, -0.15) is 0 Å². The van der Waals surface area contributed by atoms with Crippen LogP contribution in [0.4, 0.5) is 0 Å². The molecule has 0 aliphatic heterocycles. The molecular weight excluding hydrogens is 198 g/mol. The first-order valence-electron chi connectivity index (χ1n) is 3.67. The van der Waals surface area contributed by atoms with Gasteiger partial charge in [0.25, 0.3) is 0 Å². The summed E-state index contributed by atoms with van der Waals surface area (Å²) < 4.78 is 16.9. The lowest BCUT2D eigenvalue weighted by Crippen LogP contribution is -1.91. The molecule has 0 aromatic heterocycles. The molecule has 2 unspecified atom stereocenters. The van der Waals surface area contributed by atoms with Crippen LogP contribution in [-0.2, 0) is 20.7 Å². The van der Waals surface area contributed by atoms with Gasteiger partial charge in [-0.25, -0.2) is 0 Å². The van der Waals surface area contributed by atoms with E-state index in [4.69, 9.17) is 16.1 Å². The average molecular weight is 214 g/mol. The van der Waals surface area contributed by atoms with Crippen LogP contribution in [0.25, 0.3) is 0 Å². The van der Waals surface area contributed by atoms with Gasteiger partial charge in [0.1, 0.15) is 0 Å². The van der Waals surface area contributed by atoms with Gasteiger partial charge in [0.05, 0.1) is 6.26 Å². The molecule has 68 valence electrons. The lowest BCUT2D eigenvalue weighted by molar-refractivity contribution is 0.510. The molecule has 0 amide bonds. The maximum absolute atomic E-state index is 11.5. The van der Waals surface area contributed by atoms with E-state index in [-0.39, 0.29) is 0 Å². The van der Waals surface area contributed by atoms with Crippen molar-refractivity contribution in [2.75, 3.05) is 25.7 Å². The van der Waals surface area contributed by atoms with Crippen molar-refractivity contribution in [3.8, 4) is 0 Å². The van der Waals surface area contributed by atoms with Gasteiger partial charge in [-0.3, -0.25) is 8.88 Å². The van der Waals surface area contributed by atoms with E-state index in [9.17, 15) is 4.57 Å². The van der Waals surface area contributed by atoms with Crippen molar-refractivity contribution in [3.63, 3.8) is 0 Å². The second kappa shape index (κ2) is 4.18. The van der Waals surface area contributed by atoms with E-state index in [0.717, 1.165) is 6.16 Å². The number of hydrogen-bond donors (Lipinski definition) is 0. The summed E-state index contributed by atoms with van der Waals surface area (Å²) in [5.41, 5.74) is 0. The highest BCUT2D eigenvalue weighted by Crippen LogP contribution is 2.59. The van der Waals surface area contributed by atoms with E-state index < -0.39 is 13.6 Å². The third kappa shape index (κ3) is 5.14. The van der Waals surface area contributed by atoms with Crippen LogP contribution in [0.15, 0.2) is 0 Å². The Hall–Kier alpha value is 0.840. The van der Waals surface area contributed by atoms with Gasteiger partial charge in [0, 0.05) is 12.8 Å². The molecule has 0 aromatic rings. The van der Waals surface area contributed by atoms with Gasteiger partial charge in [-0.05, 0) is 12.8 Å². The van der Waals surface area contributed by atoms with Crippen molar-refractivity contribution in [1.29, 1.82) is 0 Å². The van der Waals surface area contributed by atoms with Gasteiger partial charge in [-0.15, -0.1) is 0 Å². The van der Waals surface area contributed by atoms with Gasteiger partial charge in [-0.1, -0.05) is 25.7 Å². The van der Waals surface area contributed by atoms with Crippen molar-refractivity contribution >= 4 is 25.4 Å². The molecule has 5 heteroatoms. The van der Waals surface area contributed by atoms with Crippen molar-refractivity contribution < 1.29 is 8.88 Å². The number of hydrogen-bond acceptors (Lipinski definition) is 3. The quantitative estimate of drug-likeness (QED) is 0.673. The number of rotatable bonds is 4. The Balaban J connectivity index is 4.26. The van der Waals surface area contributed by atoms with Crippen LogP contribution in [0.3, 0.4) is 0 Å². The Labute approximate surface area is 74.3 Å². The van der Waals surface area contributed by atoms with Crippen molar-refractivity contribution in [1.82, 2.24) is 0 Å². The molecule has 0 fully saturated rings. The highest BCUT2D eigenvalue weighted by molar-refractivity contribution is 8.13. The van der Waals surface area contributed by atoms with Crippen LogP contribution in [-0.4, -0.2) is 25.7 Å². The smallest absolute Gasteiger partial charge is 0.203 e. The maximum Gasteiger partial charge on any atom is 0.203 e. The van der Waals surface area contributed by atoms with Crippen molar-refractivity contribution in [2.24, 2.45) is 0 Å². The minimum atomic E-state index is -2.37. The van der Waals surface area contributed by atoms with Crippen LogP contribution >= 0.6 is 13.6 Å². The molecule has 0 spiro atoms. The first kappa shape index (κ1) is 11.8. The zero-order chi connectivity index (χ0) is 9.12. The van der Waals surface area contributed by atoms with Gasteiger partial charge < -0.3 is 0 Å². The summed E-state index contributed by atoms with van der Waals surface area (Å²) in [7, 11) is -2.37. The van der Waals surface area contributed by atoms with Gasteiger partial charge in [0.15, 0.2) is 0 Å². The fourth-order valence-electron chi connectivity index (χ4n) is 0.481. The summed E-state index contributed by atoms with van der Waals surface area (Å²) in [4.78, 5) is 0. The third-order valence-corrected chi connectivity index (χ3v) is 7.93. The fourth-order valence-corrected chi connectivity index (χ4v) is 5.60. The zero-order valence-electron chi connectivity index (χ0n) is 7.53. The summed E-state index contributed by atoms with van der Waals surface area (Å²) in [5, 5.41) is 0. The summed E-state index contributed by atoms with van der Waals surface area (Å²) in [5.74, 6) is 0.